The lowest BCUT2D eigenvalue weighted by atomic mass is 10.0. The van der Waals surface area contributed by atoms with Crippen molar-refractivity contribution in [2.75, 3.05) is 6.61 Å². The molecule has 0 fully saturated rings. The highest BCUT2D eigenvalue weighted by atomic mass is 16.3. The highest BCUT2D eigenvalue weighted by molar-refractivity contribution is 5.76. The van der Waals surface area contributed by atoms with Crippen molar-refractivity contribution in [3.05, 3.63) is 109 Å². The first-order chi connectivity index (χ1) is 41.7. The van der Waals surface area contributed by atoms with Crippen molar-refractivity contribution in [1.29, 1.82) is 0 Å². The molecule has 0 spiro atoms. The molecule has 2 unspecified atom stereocenters. The zero-order chi connectivity index (χ0) is 60.5. The van der Waals surface area contributed by atoms with Crippen LogP contribution in [0.1, 0.15) is 373 Å². The molecule has 0 aromatic carbocycles. The summed E-state index contributed by atoms with van der Waals surface area (Å²) in [5, 5.41) is 23.3. The fourth-order valence-electron chi connectivity index (χ4n) is 11.2. The Kier molecular flexibility index (Phi) is 71.7. The molecule has 2 atom stereocenters. The SMILES string of the molecule is CC/C=C\C/C=C\C/C=C\C/C=C\C/C=C\C/C=C\CCCCCCCCCCCCCCCCCCCCCCCCC(=O)NC(CO)C(O)/C=C/CC/C=C/CC/C=C/CCCCCCCCCCCCCCCCCCCCCCC. The van der Waals surface area contributed by atoms with E-state index >= 15 is 0 Å². The maximum atomic E-state index is 12.6. The van der Waals surface area contributed by atoms with Gasteiger partial charge in [-0.15, -0.1) is 0 Å². The van der Waals surface area contributed by atoms with E-state index in [-0.39, 0.29) is 12.5 Å². The molecule has 0 aromatic heterocycles. The fourth-order valence-corrected chi connectivity index (χ4v) is 11.2. The number of carbonyl (C=O) groups is 1. The number of hydrogen-bond donors (Lipinski definition) is 3. The Labute approximate surface area is 525 Å². The molecule has 0 heterocycles. The lowest BCUT2D eigenvalue weighted by Crippen LogP contribution is -2.45. The number of unbranched alkanes of at least 4 members (excludes halogenated alkanes) is 45. The average molecular weight is 1170 g/mol. The number of hydrogen-bond acceptors (Lipinski definition) is 3. The van der Waals surface area contributed by atoms with Crippen LogP contribution in [0.25, 0.3) is 0 Å². The topological polar surface area (TPSA) is 69.6 Å². The summed E-state index contributed by atoms with van der Waals surface area (Å²) < 4.78 is 0. The Balaban J connectivity index is 3.49. The van der Waals surface area contributed by atoms with Crippen LogP contribution in [0.3, 0.4) is 0 Å². The Morgan fingerprint density at radius 3 is 0.833 bits per heavy atom. The second-order valence-electron chi connectivity index (χ2n) is 25.0. The highest BCUT2D eigenvalue weighted by Crippen LogP contribution is 2.18. The van der Waals surface area contributed by atoms with Gasteiger partial charge in [0.1, 0.15) is 0 Å². The predicted octanol–water partition coefficient (Wildman–Crippen LogP) is 25.7. The minimum atomic E-state index is -0.876. The molecule has 0 aliphatic heterocycles. The molecule has 84 heavy (non-hydrogen) atoms. The van der Waals surface area contributed by atoms with Gasteiger partial charge in [0.15, 0.2) is 0 Å². The molecule has 0 radical (unpaired) electrons. The zero-order valence-corrected chi connectivity index (χ0v) is 56.2. The largest absolute Gasteiger partial charge is 0.394 e. The summed E-state index contributed by atoms with van der Waals surface area (Å²) >= 11 is 0. The maximum absolute atomic E-state index is 12.6. The third kappa shape index (κ3) is 69.8. The van der Waals surface area contributed by atoms with Crippen LogP contribution in [-0.4, -0.2) is 34.9 Å². The van der Waals surface area contributed by atoms with E-state index in [9.17, 15) is 15.0 Å². The third-order valence-corrected chi connectivity index (χ3v) is 16.7. The summed E-state index contributed by atoms with van der Waals surface area (Å²) in [7, 11) is 0. The zero-order valence-electron chi connectivity index (χ0n) is 56.2. The minimum absolute atomic E-state index is 0.0740. The standard InChI is InChI=1S/C80H143NO3/c1-3-5-7-9-11-13-15-17-19-21-23-25-27-29-31-33-35-36-37-38-39-40-41-42-43-44-46-48-50-52-54-56-58-60-62-64-66-68-70-72-74-76-80(84)81-78(77-82)79(83)75-73-71-69-67-65-63-61-59-57-55-53-51-49-47-45-34-32-30-28-26-24-22-20-18-16-14-12-10-8-6-4-2/h5,7,11,13,17,19,23,25,29,31,35-36,57,59,65,67,73,75,78-79,82-83H,3-4,6,8-10,12,14-16,18,20-22,24,26-28,30,32-34,37-56,58,60-64,66,68-72,74,76-77H2,1-2H3,(H,81,84)/b7-5-,13-11-,19-17-,25-23-,31-29-,36-35-,59-57+,67-65+,75-73+. The van der Waals surface area contributed by atoms with E-state index in [0.29, 0.717) is 6.42 Å². The van der Waals surface area contributed by atoms with Crippen molar-refractivity contribution in [3.63, 3.8) is 0 Å². The second-order valence-corrected chi connectivity index (χ2v) is 25.0. The van der Waals surface area contributed by atoms with Crippen LogP contribution in [0.15, 0.2) is 109 Å². The Hall–Kier alpha value is -2.95. The summed E-state index contributed by atoms with van der Waals surface area (Å²) in [5.41, 5.74) is 0. The van der Waals surface area contributed by atoms with E-state index < -0.39 is 12.1 Å². The lowest BCUT2D eigenvalue weighted by Gasteiger charge is -2.19. The van der Waals surface area contributed by atoms with Crippen LogP contribution in [0.5, 0.6) is 0 Å². The van der Waals surface area contributed by atoms with Gasteiger partial charge in [0, 0.05) is 6.42 Å². The van der Waals surface area contributed by atoms with E-state index in [2.05, 4.69) is 116 Å². The van der Waals surface area contributed by atoms with Gasteiger partial charge in [0.25, 0.3) is 0 Å². The van der Waals surface area contributed by atoms with Crippen molar-refractivity contribution in [2.24, 2.45) is 0 Å². The highest BCUT2D eigenvalue weighted by Gasteiger charge is 2.18. The average Bonchev–Trinajstić information content (AvgIpc) is 3.51. The molecular weight excluding hydrogens is 1020 g/mol. The number of rotatable bonds is 68. The Morgan fingerprint density at radius 1 is 0.298 bits per heavy atom. The summed E-state index contributed by atoms with van der Waals surface area (Å²) in [5.74, 6) is -0.0740. The Bertz CT molecular complexity index is 1560. The number of nitrogens with one attached hydrogen (secondary N) is 1. The van der Waals surface area contributed by atoms with Gasteiger partial charge in [0.05, 0.1) is 18.8 Å². The van der Waals surface area contributed by atoms with Crippen LogP contribution >= 0.6 is 0 Å². The number of carbonyl (C=O) groups excluding carboxylic acids is 1. The fraction of sp³-hybridized carbons (Fsp3) is 0.762. The maximum Gasteiger partial charge on any atom is 0.220 e. The van der Waals surface area contributed by atoms with Crippen molar-refractivity contribution in [3.8, 4) is 0 Å². The van der Waals surface area contributed by atoms with E-state index in [1.165, 1.54) is 276 Å². The number of aliphatic hydroxyl groups excluding tert-OH is 2. The van der Waals surface area contributed by atoms with Crippen LogP contribution in [0.4, 0.5) is 0 Å². The van der Waals surface area contributed by atoms with Gasteiger partial charge in [-0.25, -0.2) is 0 Å². The monoisotopic (exact) mass is 1170 g/mol. The normalized spacial score (nSPS) is 13.3. The first-order valence-electron chi connectivity index (χ1n) is 37.1. The first-order valence-corrected chi connectivity index (χ1v) is 37.1. The van der Waals surface area contributed by atoms with E-state index in [1.54, 1.807) is 6.08 Å². The summed E-state index contributed by atoms with van der Waals surface area (Å²) in [6, 6.07) is -0.651. The van der Waals surface area contributed by atoms with Crippen LogP contribution in [0.2, 0.25) is 0 Å². The Morgan fingerprint density at radius 2 is 0.536 bits per heavy atom. The molecule has 0 aliphatic rings. The third-order valence-electron chi connectivity index (χ3n) is 16.7. The van der Waals surface area contributed by atoms with E-state index in [0.717, 1.165) is 77.0 Å². The molecule has 4 heteroatoms. The van der Waals surface area contributed by atoms with Gasteiger partial charge in [0.2, 0.25) is 5.91 Å². The molecular formula is C80H143NO3. The van der Waals surface area contributed by atoms with Crippen molar-refractivity contribution in [1.82, 2.24) is 5.32 Å². The predicted molar refractivity (Wildman–Crippen MR) is 377 cm³/mol. The number of allylic oxidation sites excluding steroid dienone is 17. The smallest absolute Gasteiger partial charge is 0.220 e. The molecule has 486 valence electrons. The van der Waals surface area contributed by atoms with Gasteiger partial charge >= 0.3 is 0 Å². The van der Waals surface area contributed by atoms with E-state index in [4.69, 9.17) is 0 Å². The number of amides is 1. The molecule has 0 saturated carbocycles. The minimum Gasteiger partial charge on any atom is -0.394 e. The second kappa shape index (κ2) is 74.3. The van der Waals surface area contributed by atoms with Gasteiger partial charge in [-0.05, 0) is 96.3 Å². The van der Waals surface area contributed by atoms with Gasteiger partial charge < -0.3 is 15.5 Å². The van der Waals surface area contributed by atoms with Crippen molar-refractivity contribution >= 4 is 5.91 Å². The van der Waals surface area contributed by atoms with Crippen LogP contribution in [0, 0.1) is 0 Å². The molecule has 3 N–H and O–H groups in total. The summed E-state index contributed by atoms with van der Waals surface area (Å²) in [6.45, 7) is 4.21. The van der Waals surface area contributed by atoms with Gasteiger partial charge in [-0.1, -0.05) is 380 Å². The van der Waals surface area contributed by atoms with Crippen molar-refractivity contribution in [2.45, 2.75) is 386 Å². The molecule has 0 aliphatic carbocycles. The molecule has 0 rings (SSSR count). The van der Waals surface area contributed by atoms with Crippen molar-refractivity contribution < 1.29 is 15.0 Å². The van der Waals surface area contributed by atoms with Gasteiger partial charge in [-0.3, -0.25) is 4.79 Å². The lowest BCUT2D eigenvalue weighted by molar-refractivity contribution is -0.123. The van der Waals surface area contributed by atoms with Crippen LogP contribution < -0.4 is 5.32 Å². The van der Waals surface area contributed by atoms with E-state index in [1.807, 2.05) is 6.08 Å². The van der Waals surface area contributed by atoms with Gasteiger partial charge in [-0.2, -0.15) is 0 Å². The molecule has 0 bridgehead atoms. The summed E-state index contributed by atoms with van der Waals surface area (Å²) in [6.07, 6.45) is 112. The summed E-state index contributed by atoms with van der Waals surface area (Å²) in [4.78, 5) is 12.6. The number of aliphatic hydroxyl groups is 2. The van der Waals surface area contributed by atoms with Crippen LogP contribution in [-0.2, 0) is 4.79 Å². The molecule has 4 nitrogen and oxygen atoms in total. The molecule has 0 aromatic rings. The first kappa shape index (κ1) is 81.0. The molecule has 1 amide bonds. The quantitative estimate of drug-likeness (QED) is 0.0420. The molecule has 0 saturated heterocycles.